The Morgan fingerprint density at radius 3 is 2.48 bits per heavy atom. The second kappa shape index (κ2) is 8.09. The summed E-state index contributed by atoms with van der Waals surface area (Å²) in [6, 6.07) is 19.8. The van der Waals surface area contributed by atoms with Gasteiger partial charge in [-0.3, -0.25) is 4.79 Å². The van der Waals surface area contributed by atoms with Gasteiger partial charge in [0.25, 0.3) is 5.22 Å². The highest BCUT2D eigenvalue weighted by Gasteiger charge is 2.18. The van der Waals surface area contributed by atoms with Crippen LogP contribution in [0.4, 0.5) is 0 Å². The van der Waals surface area contributed by atoms with Gasteiger partial charge in [-0.2, -0.15) is 0 Å². The summed E-state index contributed by atoms with van der Waals surface area (Å²) in [7, 11) is 0. The molecule has 0 aliphatic carbocycles. The maximum absolute atomic E-state index is 12.8. The fraction of sp³-hybridized carbons (Fsp3) is 0.174. The second-order valence-electron chi connectivity index (χ2n) is 6.86. The predicted octanol–water partition coefficient (Wildman–Crippen LogP) is 5.43. The molecule has 0 atom stereocenters. The van der Waals surface area contributed by atoms with Gasteiger partial charge in [-0.25, -0.2) is 0 Å². The fourth-order valence-corrected chi connectivity index (χ4v) is 4.06. The summed E-state index contributed by atoms with van der Waals surface area (Å²) in [6.45, 7) is 5.98. The maximum Gasteiger partial charge on any atom is 0.277 e. The molecule has 0 bridgehead atoms. The van der Waals surface area contributed by atoms with Crippen LogP contribution in [0.1, 0.15) is 27.3 Å². The molecule has 0 amide bonds. The molecule has 0 aliphatic rings. The molecule has 2 aromatic carbocycles. The lowest BCUT2D eigenvalue weighted by Gasteiger charge is -2.09. The lowest BCUT2D eigenvalue weighted by Crippen LogP contribution is -2.05. The van der Waals surface area contributed by atoms with Crippen LogP contribution in [-0.2, 0) is 0 Å². The van der Waals surface area contributed by atoms with Gasteiger partial charge in [-0.05, 0) is 50.6 Å². The van der Waals surface area contributed by atoms with Gasteiger partial charge in [0, 0.05) is 28.2 Å². The van der Waals surface area contributed by atoms with Gasteiger partial charge in [0.2, 0.25) is 5.89 Å². The van der Waals surface area contributed by atoms with Gasteiger partial charge in [0.05, 0.1) is 5.75 Å². The molecule has 0 spiro atoms. The molecule has 5 nitrogen and oxygen atoms in total. The third-order valence-corrected chi connectivity index (χ3v) is 5.67. The van der Waals surface area contributed by atoms with E-state index in [4.69, 9.17) is 4.42 Å². The minimum absolute atomic E-state index is 0.0425. The molecule has 4 aromatic rings. The summed E-state index contributed by atoms with van der Waals surface area (Å²) in [5.41, 5.74) is 5.71. The van der Waals surface area contributed by atoms with Gasteiger partial charge in [-0.15, -0.1) is 10.2 Å². The van der Waals surface area contributed by atoms with Crippen LogP contribution in [0.25, 0.3) is 17.1 Å². The first-order valence-corrected chi connectivity index (χ1v) is 10.3. The Kier molecular flexibility index (Phi) is 5.36. The van der Waals surface area contributed by atoms with Crippen molar-refractivity contribution in [3.05, 3.63) is 83.2 Å². The molecule has 0 aliphatic heterocycles. The zero-order chi connectivity index (χ0) is 20.4. The Bertz CT molecular complexity index is 1160. The molecule has 0 saturated heterocycles. The highest BCUT2D eigenvalue weighted by molar-refractivity contribution is 7.99. The monoisotopic (exact) mass is 403 g/mol. The standard InChI is InChI=1S/C23H21N3O2S/c1-15-9-7-8-12-19(15)22-24-25-23(28-22)29-14-21(27)20-13-16(2)26(17(20)3)18-10-5-4-6-11-18/h4-13H,14H2,1-3H3. The van der Waals surface area contributed by atoms with Crippen LogP contribution in [0.2, 0.25) is 0 Å². The number of ketones is 1. The highest BCUT2D eigenvalue weighted by atomic mass is 32.2. The van der Waals surface area contributed by atoms with Crippen molar-refractivity contribution in [2.75, 3.05) is 5.75 Å². The molecular formula is C23H21N3O2S. The molecule has 0 unspecified atom stereocenters. The number of carbonyl (C=O) groups is 1. The van der Waals surface area contributed by atoms with Gasteiger partial charge < -0.3 is 8.98 Å². The SMILES string of the molecule is Cc1ccccc1-c1nnc(SCC(=O)c2cc(C)n(-c3ccccc3)c2C)o1. The molecule has 0 radical (unpaired) electrons. The Hall–Kier alpha value is -3.12. The quantitative estimate of drug-likeness (QED) is 0.317. The number of benzene rings is 2. The van der Waals surface area contributed by atoms with E-state index in [2.05, 4.69) is 14.8 Å². The Morgan fingerprint density at radius 1 is 1.00 bits per heavy atom. The Labute approximate surface area is 173 Å². The summed E-state index contributed by atoms with van der Waals surface area (Å²) in [6.07, 6.45) is 0. The van der Waals surface area contributed by atoms with Crippen molar-refractivity contribution in [3.63, 3.8) is 0 Å². The van der Waals surface area contributed by atoms with Crippen LogP contribution >= 0.6 is 11.8 Å². The number of carbonyl (C=O) groups excluding carboxylic acids is 1. The van der Waals surface area contributed by atoms with E-state index in [0.29, 0.717) is 11.1 Å². The summed E-state index contributed by atoms with van der Waals surface area (Å²) in [5.74, 6) is 0.760. The van der Waals surface area contributed by atoms with E-state index in [9.17, 15) is 4.79 Å². The predicted molar refractivity (Wildman–Crippen MR) is 115 cm³/mol. The molecule has 0 saturated carbocycles. The van der Waals surface area contributed by atoms with Crippen LogP contribution in [-0.4, -0.2) is 26.3 Å². The number of nitrogens with zero attached hydrogens (tertiary/aromatic N) is 3. The highest BCUT2D eigenvalue weighted by Crippen LogP contribution is 2.27. The number of thioether (sulfide) groups is 1. The number of para-hydroxylation sites is 1. The molecule has 146 valence electrons. The van der Waals surface area contributed by atoms with E-state index < -0.39 is 0 Å². The normalized spacial score (nSPS) is 11.0. The Balaban J connectivity index is 1.49. The zero-order valence-corrected chi connectivity index (χ0v) is 17.4. The largest absolute Gasteiger partial charge is 0.411 e. The van der Waals surface area contributed by atoms with Crippen LogP contribution in [0.15, 0.2) is 70.3 Å². The van der Waals surface area contributed by atoms with Gasteiger partial charge >= 0.3 is 0 Å². The number of hydrogen-bond donors (Lipinski definition) is 0. The van der Waals surface area contributed by atoms with Crippen molar-refractivity contribution in [1.82, 2.24) is 14.8 Å². The molecule has 2 aromatic heterocycles. The second-order valence-corrected chi connectivity index (χ2v) is 7.78. The molecule has 4 rings (SSSR count). The topological polar surface area (TPSA) is 60.9 Å². The van der Waals surface area contributed by atoms with Crippen LogP contribution < -0.4 is 0 Å². The van der Waals surface area contributed by atoms with Gasteiger partial charge in [0.1, 0.15) is 0 Å². The first kappa shape index (κ1) is 19.2. The lowest BCUT2D eigenvalue weighted by atomic mass is 10.1. The van der Waals surface area contributed by atoms with Gasteiger partial charge in [-0.1, -0.05) is 48.2 Å². The third kappa shape index (κ3) is 3.89. The van der Waals surface area contributed by atoms with E-state index in [0.717, 1.165) is 33.8 Å². The maximum atomic E-state index is 12.8. The van der Waals surface area contributed by atoms with Crippen LogP contribution in [0.5, 0.6) is 0 Å². The number of hydrogen-bond acceptors (Lipinski definition) is 5. The van der Waals surface area contributed by atoms with Crippen molar-refractivity contribution in [3.8, 4) is 17.1 Å². The summed E-state index contributed by atoms with van der Waals surface area (Å²) >= 11 is 1.27. The average molecular weight is 404 g/mol. The fourth-order valence-electron chi connectivity index (χ4n) is 3.41. The summed E-state index contributed by atoms with van der Waals surface area (Å²) in [5, 5.41) is 8.60. The summed E-state index contributed by atoms with van der Waals surface area (Å²) in [4.78, 5) is 12.8. The van der Waals surface area contributed by atoms with Crippen molar-refractivity contribution < 1.29 is 9.21 Å². The number of aryl methyl sites for hydroxylation is 2. The van der Waals surface area contributed by atoms with Crippen molar-refractivity contribution >= 4 is 17.5 Å². The van der Waals surface area contributed by atoms with E-state index in [1.807, 2.05) is 81.4 Å². The first-order valence-electron chi connectivity index (χ1n) is 9.34. The van der Waals surface area contributed by atoms with E-state index in [1.54, 1.807) is 0 Å². The molecule has 6 heteroatoms. The van der Waals surface area contributed by atoms with E-state index in [-0.39, 0.29) is 11.5 Å². The number of aromatic nitrogens is 3. The molecule has 29 heavy (non-hydrogen) atoms. The minimum atomic E-state index is 0.0425. The number of rotatable bonds is 6. The van der Waals surface area contributed by atoms with Gasteiger partial charge in [0.15, 0.2) is 5.78 Å². The smallest absolute Gasteiger partial charge is 0.277 e. The minimum Gasteiger partial charge on any atom is -0.411 e. The number of Topliss-reactive ketones (excluding diaryl/α,β-unsaturated/α-hetero) is 1. The molecule has 2 heterocycles. The average Bonchev–Trinajstić information content (AvgIpc) is 3.31. The Morgan fingerprint density at radius 2 is 1.72 bits per heavy atom. The van der Waals surface area contributed by atoms with E-state index >= 15 is 0 Å². The van der Waals surface area contributed by atoms with Crippen molar-refractivity contribution in [2.24, 2.45) is 0 Å². The van der Waals surface area contributed by atoms with E-state index in [1.165, 1.54) is 11.8 Å². The van der Waals surface area contributed by atoms with Crippen molar-refractivity contribution in [1.29, 1.82) is 0 Å². The third-order valence-electron chi connectivity index (χ3n) is 4.85. The van der Waals surface area contributed by atoms with Crippen LogP contribution in [0.3, 0.4) is 0 Å². The zero-order valence-electron chi connectivity index (χ0n) is 16.5. The summed E-state index contributed by atoms with van der Waals surface area (Å²) < 4.78 is 7.85. The first-order chi connectivity index (χ1) is 14.0. The molecular weight excluding hydrogens is 382 g/mol. The van der Waals surface area contributed by atoms with Crippen LogP contribution in [0, 0.1) is 20.8 Å². The molecule has 0 N–H and O–H groups in total. The lowest BCUT2D eigenvalue weighted by molar-refractivity contribution is 0.102. The molecule has 0 fully saturated rings. The van der Waals surface area contributed by atoms with Crippen molar-refractivity contribution in [2.45, 2.75) is 26.0 Å².